The minimum atomic E-state index is -0.411. The zero-order chi connectivity index (χ0) is 25.7. The van der Waals surface area contributed by atoms with E-state index in [-0.39, 0.29) is 35.6 Å². The maximum absolute atomic E-state index is 13.0. The first-order valence-electron chi connectivity index (χ1n) is 12.5. The Morgan fingerprint density at radius 1 is 1.08 bits per heavy atom. The van der Waals surface area contributed by atoms with Gasteiger partial charge in [-0.05, 0) is 38.7 Å². The maximum atomic E-state index is 13.0. The standard InChI is InChI=1S/C26H33N3O7/c1-3-28-15-19(24(31)18-13-21-22(14-20(18)28)36-16-35-21)25(32)27-10-6-4-5-7-23(30)29-11-8-17(9-12-29)26(33)34-2/h13-15,17H,3-12,16H2,1-2H3,(H,27,32). The number of benzene rings is 1. The zero-order valence-electron chi connectivity index (χ0n) is 20.8. The third-order valence-corrected chi connectivity index (χ3v) is 6.89. The summed E-state index contributed by atoms with van der Waals surface area (Å²) in [7, 11) is 1.39. The molecule has 1 aromatic carbocycles. The fraction of sp³-hybridized carbons (Fsp3) is 0.538. The molecule has 1 saturated heterocycles. The number of likely N-dealkylation sites (tertiary alicyclic amines) is 1. The smallest absolute Gasteiger partial charge is 0.308 e. The van der Waals surface area contributed by atoms with Crippen LogP contribution in [0.25, 0.3) is 10.9 Å². The highest BCUT2D eigenvalue weighted by Crippen LogP contribution is 2.35. The summed E-state index contributed by atoms with van der Waals surface area (Å²) in [5.41, 5.74) is 0.448. The van der Waals surface area contributed by atoms with Crippen molar-refractivity contribution >= 4 is 28.7 Å². The average Bonchev–Trinajstić information content (AvgIpc) is 3.37. The monoisotopic (exact) mass is 499 g/mol. The minimum absolute atomic E-state index is 0.0914. The highest BCUT2D eigenvalue weighted by Gasteiger charge is 2.27. The minimum Gasteiger partial charge on any atom is -0.469 e. The summed E-state index contributed by atoms with van der Waals surface area (Å²) in [6.45, 7) is 4.22. The molecule has 2 aliphatic rings. The van der Waals surface area contributed by atoms with E-state index in [1.54, 1.807) is 18.3 Å². The van der Waals surface area contributed by atoms with Gasteiger partial charge in [-0.25, -0.2) is 0 Å². The number of pyridine rings is 1. The van der Waals surface area contributed by atoms with Crippen molar-refractivity contribution in [2.45, 2.75) is 52.0 Å². The van der Waals surface area contributed by atoms with Crippen molar-refractivity contribution in [3.05, 3.63) is 34.1 Å². The van der Waals surface area contributed by atoms with Crippen molar-refractivity contribution in [3.63, 3.8) is 0 Å². The summed E-state index contributed by atoms with van der Waals surface area (Å²) in [6, 6.07) is 3.41. The van der Waals surface area contributed by atoms with Gasteiger partial charge in [0.2, 0.25) is 18.1 Å². The predicted molar refractivity (Wildman–Crippen MR) is 132 cm³/mol. The number of carbonyl (C=O) groups is 3. The van der Waals surface area contributed by atoms with Gasteiger partial charge in [0.1, 0.15) is 5.56 Å². The van der Waals surface area contributed by atoms with Gasteiger partial charge in [-0.2, -0.15) is 0 Å². The molecule has 1 N–H and O–H groups in total. The lowest BCUT2D eigenvalue weighted by Crippen LogP contribution is -2.40. The van der Waals surface area contributed by atoms with Crippen molar-refractivity contribution in [2.24, 2.45) is 5.92 Å². The largest absolute Gasteiger partial charge is 0.469 e. The number of unbranched alkanes of at least 4 members (excludes halogenated alkanes) is 2. The molecule has 2 aliphatic heterocycles. The Balaban J connectivity index is 1.24. The zero-order valence-corrected chi connectivity index (χ0v) is 20.8. The molecule has 1 fully saturated rings. The van der Waals surface area contributed by atoms with Crippen LogP contribution >= 0.6 is 0 Å². The van der Waals surface area contributed by atoms with Crippen molar-refractivity contribution < 1.29 is 28.6 Å². The molecule has 0 atom stereocenters. The van der Waals surface area contributed by atoms with Crippen LogP contribution in [0.4, 0.5) is 0 Å². The summed E-state index contributed by atoms with van der Waals surface area (Å²) in [6.07, 6.45) is 5.52. The number of hydrogen-bond acceptors (Lipinski definition) is 7. The van der Waals surface area contributed by atoms with Gasteiger partial charge in [0.25, 0.3) is 5.91 Å². The second-order valence-electron chi connectivity index (χ2n) is 9.13. The lowest BCUT2D eigenvalue weighted by molar-refractivity contribution is -0.148. The highest BCUT2D eigenvalue weighted by molar-refractivity contribution is 5.97. The molecule has 10 nitrogen and oxygen atoms in total. The number of piperidine rings is 1. The Morgan fingerprint density at radius 3 is 2.50 bits per heavy atom. The molecule has 194 valence electrons. The number of nitrogens with zero attached hydrogens (tertiary/aromatic N) is 2. The SMILES string of the molecule is CCn1cc(C(=O)NCCCCCC(=O)N2CCC(C(=O)OC)CC2)c(=O)c2cc3c(cc21)OCO3. The van der Waals surface area contributed by atoms with E-state index in [0.717, 1.165) is 12.8 Å². The number of nitrogens with one attached hydrogen (secondary N) is 1. The lowest BCUT2D eigenvalue weighted by Gasteiger charge is -2.30. The molecule has 36 heavy (non-hydrogen) atoms. The van der Waals surface area contributed by atoms with Gasteiger partial charge in [0, 0.05) is 44.9 Å². The molecule has 0 unspecified atom stereocenters. The van der Waals surface area contributed by atoms with Gasteiger partial charge in [-0.15, -0.1) is 0 Å². The third kappa shape index (κ3) is 5.47. The van der Waals surface area contributed by atoms with Crippen LogP contribution in [0.3, 0.4) is 0 Å². The molecule has 3 heterocycles. The number of ether oxygens (including phenoxy) is 3. The fourth-order valence-electron chi connectivity index (χ4n) is 4.77. The molecule has 4 rings (SSSR count). The number of esters is 1. The number of fused-ring (bicyclic) bond motifs is 2. The van der Waals surface area contributed by atoms with Crippen LogP contribution in [0.5, 0.6) is 11.5 Å². The van der Waals surface area contributed by atoms with Gasteiger partial charge < -0.3 is 29.0 Å². The molecular weight excluding hydrogens is 466 g/mol. The van der Waals surface area contributed by atoms with E-state index < -0.39 is 5.91 Å². The van der Waals surface area contributed by atoms with Crippen molar-refractivity contribution in [2.75, 3.05) is 33.5 Å². The van der Waals surface area contributed by atoms with Crippen molar-refractivity contribution in [1.82, 2.24) is 14.8 Å². The Kier molecular flexibility index (Phi) is 8.12. The lowest BCUT2D eigenvalue weighted by atomic mass is 9.96. The molecule has 0 radical (unpaired) electrons. The molecule has 0 spiro atoms. The first-order valence-corrected chi connectivity index (χ1v) is 12.5. The molecule has 2 amide bonds. The molecule has 0 saturated carbocycles. The van der Waals surface area contributed by atoms with E-state index in [1.807, 2.05) is 16.4 Å². The van der Waals surface area contributed by atoms with E-state index in [2.05, 4.69) is 5.32 Å². The van der Waals surface area contributed by atoms with Crippen LogP contribution in [-0.2, 0) is 20.9 Å². The summed E-state index contributed by atoms with van der Waals surface area (Å²) < 4.78 is 17.5. The maximum Gasteiger partial charge on any atom is 0.308 e. The summed E-state index contributed by atoms with van der Waals surface area (Å²) in [4.78, 5) is 51.7. The third-order valence-electron chi connectivity index (χ3n) is 6.89. The normalized spacial score (nSPS) is 15.2. The number of aryl methyl sites for hydroxylation is 1. The second kappa shape index (κ2) is 11.5. The van der Waals surface area contributed by atoms with E-state index in [1.165, 1.54) is 7.11 Å². The van der Waals surface area contributed by atoms with E-state index in [9.17, 15) is 19.2 Å². The highest BCUT2D eigenvalue weighted by atomic mass is 16.7. The second-order valence-corrected chi connectivity index (χ2v) is 9.13. The quantitative estimate of drug-likeness (QED) is 0.416. The molecule has 2 aromatic rings. The van der Waals surface area contributed by atoms with Gasteiger partial charge in [0.05, 0.1) is 23.9 Å². The van der Waals surface area contributed by atoms with Crippen LogP contribution in [0.1, 0.15) is 55.8 Å². The Bertz CT molecular complexity index is 1200. The van der Waals surface area contributed by atoms with E-state index in [0.29, 0.717) is 74.3 Å². The molecule has 1 aromatic heterocycles. The van der Waals surface area contributed by atoms with Crippen molar-refractivity contribution in [3.8, 4) is 11.5 Å². The number of aromatic nitrogens is 1. The number of rotatable bonds is 9. The van der Waals surface area contributed by atoms with Crippen LogP contribution < -0.4 is 20.2 Å². The van der Waals surface area contributed by atoms with Gasteiger partial charge >= 0.3 is 5.97 Å². The van der Waals surface area contributed by atoms with Crippen LogP contribution in [0, 0.1) is 5.92 Å². The predicted octanol–water partition coefficient (Wildman–Crippen LogP) is 2.45. The van der Waals surface area contributed by atoms with Gasteiger partial charge in [0.15, 0.2) is 11.5 Å². The molecule has 0 aliphatic carbocycles. The van der Waals surface area contributed by atoms with E-state index >= 15 is 0 Å². The molecule has 0 bridgehead atoms. The van der Waals surface area contributed by atoms with Crippen LogP contribution in [-0.4, -0.2) is 60.8 Å². The van der Waals surface area contributed by atoms with Crippen LogP contribution in [0.15, 0.2) is 23.1 Å². The summed E-state index contributed by atoms with van der Waals surface area (Å²) in [5, 5.41) is 3.25. The number of amides is 2. The van der Waals surface area contributed by atoms with Crippen molar-refractivity contribution in [1.29, 1.82) is 0 Å². The summed E-state index contributed by atoms with van der Waals surface area (Å²) in [5.74, 6) is 0.460. The van der Waals surface area contributed by atoms with Gasteiger partial charge in [-0.3, -0.25) is 19.2 Å². The Hall–Kier alpha value is -3.56. The topological polar surface area (TPSA) is 116 Å². The first kappa shape index (κ1) is 25.5. The average molecular weight is 500 g/mol. The molecule has 10 heteroatoms. The number of methoxy groups -OCH3 is 1. The van der Waals surface area contributed by atoms with E-state index in [4.69, 9.17) is 14.2 Å². The van der Waals surface area contributed by atoms with Crippen LogP contribution in [0.2, 0.25) is 0 Å². The Labute approximate surface area is 209 Å². The summed E-state index contributed by atoms with van der Waals surface area (Å²) >= 11 is 0. The Morgan fingerprint density at radius 2 is 1.81 bits per heavy atom. The fourth-order valence-corrected chi connectivity index (χ4v) is 4.77. The van der Waals surface area contributed by atoms with Gasteiger partial charge in [-0.1, -0.05) is 6.42 Å². The number of carbonyl (C=O) groups excluding carboxylic acids is 3. The first-order chi connectivity index (χ1) is 17.4. The molecular formula is C26H33N3O7. The number of hydrogen-bond donors (Lipinski definition) is 1.